The van der Waals surface area contributed by atoms with E-state index >= 15 is 0 Å². The molecule has 1 saturated heterocycles. The number of carbonyl (C=O) groups excluding carboxylic acids is 1. The maximum absolute atomic E-state index is 12.4. The van der Waals surface area contributed by atoms with Crippen molar-refractivity contribution in [3.05, 3.63) is 29.8 Å². The number of ether oxygens (including phenoxy) is 2. The number of hydrogen-bond acceptors (Lipinski definition) is 5. The van der Waals surface area contributed by atoms with E-state index < -0.39 is 18.2 Å². The molecule has 122 valence electrons. The Balaban J connectivity index is 1.99. The van der Waals surface area contributed by atoms with Gasteiger partial charge in [-0.15, -0.1) is 0 Å². The lowest BCUT2D eigenvalue weighted by Crippen LogP contribution is -2.50. The van der Waals surface area contributed by atoms with Crippen molar-refractivity contribution < 1.29 is 24.2 Å². The Bertz CT molecular complexity index is 625. The molecule has 0 spiro atoms. The zero-order valence-corrected chi connectivity index (χ0v) is 12.8. The van der Waals surface area contributed by atoms with Gasteiger partial charge in [0.05, 0.1) is 24.7 Å². The van der Waals surface area contributed by atoms with Crippen LogP contribution >= 0.6 is 0 Å². The van der Waals surface area contributed by atoms with Crippen LogP contribution in [0.15, 0.2) is 24.3 Å². The fourth-order valence-corrected chi connectivity index (χ4v) is 2.40. The molecule has 1 amide bonds. The molecule has 1 heterocycles. The first-order valence-electron chi connectivity index (χ1n) is 7.29. The molecule has 1 aliphatic heterocycles. The maximum Gasteiger partial charge on any atom is 0.306 e. The molecule has 0 unspecified atom stereocenters. The highest BCUT2D eigenvalue weighted by Gasteiger charge is 2.29. The standard InChI is InChI=1S/C16H18N2O5/c1-11(23-14-5-3-2-4-12(14)9-17)16(21)18-6-7-22-13(10-18)8-15(19)20/h2-5,11,13H,6-8,10H2,1H3,(H,19,20)/t11-,13-/m0/s1. The second-order valence-electron chi connectivity index (χ2n) is 5.24. The minimum absolute atomic E-state index is 0.143. The number of carboxylic acid groups (broad SMARTS) is 1. The molecule has 7 nitrogen and oxygen atoms in total. The van der Waals surface area contributed by atoms with Gasteiger partial charge in [-0.25, -0.2) is 0 Å². The third kappa shape index (κ3) is 4.44. The number of carbonyl (C=O) groups is 2. The van der Waals surface area contributed by atoms with Crippen LogP contribution < -0.4 is 4.74 Å². The zero-order valence-electron chi connectivity index (χ0n) is 12.8. The number of para-hydroxylation sites is 1. The molecule has 0 saturated carbocycles. The summed E-state index contributed by atoms with van der Waals surface area (Å²) in [5.41, 5.74) is 0.359. The van der Waals surface area contributed by atoms with E-state index in [0.29, 0.717) is 24.5 Å². The molecule has 0 bridgehead atoms. The summed E-state index contributed by atoms with van der Waals surface area (Å²) >= 11 is 0. The van der Waals surface area contributed by atoms with Crippen LogP contribution in [0.5, 0.6) is 5.75 Å². The molecule has 0 aliphatic carbocycles. The normalized spacial score (nSPS) is 18.8. The Morgan fingerprint density at radius 1 is 1.52 bits per heavy atom. The third-order valence-electron chi connectivity index (χ3n) is 3.51. The summed E-state index contributed by atoms with van der Waals surface area (Å²) in [5.74, 6) is -0.862. The van der Waals surface area contributed by atoms with Crippen molar-refractivity contribution in [2.24, 2.45) is 0 Å². The van der Waals surface area contributed by atoms with Gasteiger partial charge in [0, 0.05) is 13.1 Å². The topological polar surface area (TPSA) is 99.9 Å². The van der Waals surface area contributed by atoms with Crippen LogP contribution in [-0.2, 0) is 14.3 Å². The predicted molar refractivity (Wildman–Crippen MR) is 79.8 cm³/mol. The van der Waals surface area contributed by atoms with E-state index in [2.05, 4.69) is 0 Å². The van der Waals surface area contributed by atoms with E-state index in [1.165, 1.54) is 4.90 Å². The van der Waals surface area contributed by atoms with E-state index in [4.69, 9.17) is 19.8 Å². The average Bonchev–Trinajstić information content (AvgIpc) is 2.54. The first kappa shape index (κ1) is 16.8. The predicted octanol–water partition coefficient (Wildman–Crippen LogP) is 1.03. The summed E-state index contributed by atoms with van der Waals surface area (Å²) in [5, 5.41) is 17.9. The van der Waals surface area contributed by atoms with Crippen LogP contribution in [0.2, 0.25) is 0 Å². The summed E-state index contributed by atoms with van der Waals surface area (Å²) in [6, 6.07) is 8.71. The minimum Gasteiger partial charge on any atom is -0.481 e. The first-order chi connectivity index (χ1) is 11.0. The van der Waals surface area contributed by atoms with Crippen molar-refractivity contribution in [1.29, 1.82) is 5.26 Å². The summed E-state index contributed by atoms with van der Waals surface area (Å²) in [7, 11) is 0. The quantitative estimate of drug-likeness (QED) is 0.870. The second-order valence-corrected chi connectivity index (χ2v) is 5.24. The lowest BCUT2D eigenvalue weighted by atomic mass is 10.2. The monoisotopic (exact) mass is 318 g/mol. The first-order valence-corrected chi connectivity index (χ1v) is 7.29. The Kier molecular flexibility index (Phi) is 5.55. The summed E-state index contributed by atoms with van der Waals surface area (Å²) in [4.78, 5) is 24.7. The molecule has 23 heavy (non-hydrogen) atoms. The number of morpholine rings is 1. The van der Waals surface area contributed by atoms with Crippen molar-refractivity contribution in [1.82, 2.24) is 4.90 Å². The van der Waals surface area contributed by atoms with Gasteiger partial charge in [0.1, 0.15) is 11.8 Å². The van der Waals surface area contributed by atoms with Gasteiger partial charge in [0.2, 0.25) is 0 Å². The van der Waals surface area contributed by atoms with Crippen LogP contribution in [0.1, 0.15) is 18.9 Å². The smallest absolute Gasteiger partial charge is 0.306 e. The molecule has 2 rings (SSSR count). The Morgan fingerprint density at radius 2 is 2.26 bits per heavy atom. The van der Waals surface area contributed by atoms with Gasteiger partial charge in [0.15, 0.2) is 6.10 Å². The highest BCUT2D eigenvalue weighted by atomic mass is 16.5. The average molecular weight is 318 g/mol. The molecule has 1 N–H and O–H groups in total. The molecule has 0 radical (unpaired) electrons. The van der Waals surface area contributed by atoms with Gasteiger partial charge < -0.3 is 19.5 Å². The van der Waals surface area contributed by atoms with E-state index in [1.54, 1.807) is 31.2 Å². The van der Waals surface area contributed by atoms with E-state index in [9.17, 15) is 9.59 Å². The van der Waals surface area contributed by atoms with Gasteiger partial charge in [0.25, 0.3) is 5.91 Å². The Labute approximate surface area is 134 Å². The molecule has 1 aromatic carbocycles. The van der Waals surface area contributed by atoms with Gasteiger partial charge in [-0.3, -0.25) is 9.59 Å². The number of rotatable bonds is 5. The Hall–Kier alpha value is -2.59. The highest BCUT2D eigenvalue weighted by molar-refractivity contribution is 5.81. The van der Waals surface area contributed by atoms with Gasteiger partial charge in [-0.05, 0) is 19.1 Å². The van der Waals surface area contributed by atoms with Crippen molar-refractivity contribution >= 4 is 11.9 Å². The number of hydrogen-bond donors (Lipinski definition) is 1. The minimum atomic E-state index is -0.962. The fraction of sp³-hybridized carbons (Fsp3) is 0.438. The van der Waals surface area contributed by atoms with Crippen molar-refractivity contribution in [2.75, 3.05) is 19.7 Å². The molecule has 2 atom stereocenters. The number of nitrogens with zero attached hydrogens (tertiary/aromatic N) is 2. The summed E-state index contributed by atoms with van der Waals surface area (Å²) in [6.07, 6.45) is -1.42. The van der Waals surface area contributed by atoms with Crippen molar-refractivity contribution in [3.63, 3.8) is 0 Å². The van der Waals surface area contributed by atoms with Crippen LogP contribution in [-0.4, -0.2) is 53.8 Å². The molecule has 0 aromatic heterocycles. The van der Waals surface area contributed by atoms with Crippen LogP contribution in [0, 0.1) is 11.3 Å². The largest absolute Gasteiger partial charge is 0.481 e. The summed E-state index contributed by atoms with van der Waals surface area (Å²) < 4.78 is 10.9. The van der Waals surface area contributed by atoms with Crippen molar-refractivity contribution in [2.45, 2.75) is 25.6 Å². The maximum atomic E-state index is 12.4. The zero-order chi connectivity index (χ0) is 16.8. The fourth-order valence-electron chi connectivity index (χ4n) is 2.40. The molecule has 1 aliphatic rings. The molecule has 7 heteroatoms. The lowest BCUT2D eigenvalue weighted by Gasteiger charge is -2.33. The van der Waals surface area contributed by atoms with E-state index in [-0.39, 0.29) is 18.9 Å². The Morgan fingerprint density at radius 3 is 2.96 bits per heavy atom. The van der Waals surface area contributed by atoms with Gasteiger partial charge in [-0.1, -0.05) is 12.1 Å². The SMILES string of the molecule is C[C@H](Oc1ccccc1C#N)C(=O)N1CCO[C@@H](CC(=O)O)C1. The van der Waals surface area contributed by atoms with Gasteiger partial charge >= 0.3 is 5.97 Å². The van der Waals surface area contributed by atoms with Crippen molar-refractivity contribution in [3.8, 4) is 11.8 Å². The van der Waals surface area contributed by atoms with Crippen LogP contribution in [0.4, 0.5) is 0 Å². The highest BCUT2D eigenvalue weighted by Crippen LogP contribution is 2.19. The molecule has 1 fully saturated rings. The third-order valence-corrected chi connectivity index (χ3v) is 3.51. The molecule has 1 aromatic rings. The number of aliphatic carboxylic acids is 1. The number of amides is 1. The van der Waals surface area contributed by atoms with Crippen LogP contribution in [0.25, 0.3) is 0 Å². The van der Waals surface area contributed by atoms with Crippen LogP contribution in [0.3, 0.4) is 0 Å². The molecular formula is C16H18N2O5. The van der Waals surface area contributed by atoms with E-state index in [1.807, 2.05) is 6.07 Å². The number of carboxylic acids is 1. The lowest BCUT2D eigenvalue weighted by molar-refractivity contribution is -0.151. The molecular weight excluding hydrogens is 300 g/mol. The van der Waals surface area contributed by atoms with E-state index in [0.717, 1.165) is 0 Å². The number of nitriles is 1. The van der Waals surface area contributed by atoms with Gasteiger partial charge in [-0.2, -0.15) is 5.26 Å². The summed E-state index contributed by atoms with van der Waals surface area (Å²) in [6.45, 7) is 2.52. The number of benzene rings is 1. The second kappa shape index (κ2) is 7.61.